The lowest BCUT2D eigenvalue weighted by Gasteiger charge is -2.31. The Labute approximate surface area is 101 Å². The van der Waals surface area contributed by atoms with Gasteiger partial charge in [-0.05, 0) is 19.8 Å². The molecule has 0 radical (unpaired) electrons. The maximum Gasteiger partial charge on any atom is 0.319 e. The number of nitrogens with one attached hydrogen (secondary N) is 1. The molecule has 6 heteroatoms. The van der Waals surface area contributed by atoms with Gasteiger partial charge in [-0.25, -0.2) is 4.79 Å². The fraction of sp³-hybridized carbons (Fsp3) is 0.818. The van der Waals surface area contributed by atoms with E-state index >= 15 is 0 Å². The summed E-state index contributed by atoms with van der Waals surface area (Å²) in [5.41, 5.74) is 0. The third kappa shape index (κ3) is 4.22. The quantitative estimate of drug-likeness (QED) is 0.580. The van der Waals surface area contributed by atoms with Crippen LogP contribution >= 0.6 is 0 Å². The molecule has 98 valence electrons. The first-order valence-corrected chi connectivity index (χ1v) is 5.87. The molecule has 0 saturated carbocycles. The predicted molar refractivity (Wildman–Crippen MR) is 61.3 cm³/mol. The number of carbonyl (C=O) groups excluding carboxylic acids is 2. The second-order valence-electron chi connectivity index (χ2n) is 3.95. The minimum atomic E-state index is -0.211. The molecule has 1 N–H and O–H groups in total. The van der Waals surface area contributed by atoms with Crippen molar-refractivity contribution in [1.29, 1.82) is 0 Å². The summed E-state index contributed by atoms with van der Waals surface area (Å²) < 4.78 is 9.73. The second kappa shape index (κ2) is 7.11. The molecule has 0 aliphatic carbocycles. The normalized spacial score (nSPS) is 19.9. The molecule has 1 unspecified atom stereocenters. The molecule has 0 aromatic carbocycles. The van der Waals surface area contributed by atoms with Crippen molar-refractivity contribution in [2.24, 2.45) is 5.92 Å². The highest BCUT2D eigenvalue weighted by Gasteiger charge is 2.29. The van der Waals surface area contributed by atoms with Gasteiger partial charge in [-0.15, -0.1) is 0 Å². The Morgan fingerprint density at radius 3 is 2.88 bits per heavy atom. The Kier molecular flexibility index (Phi) is 5.76. The van der Waals surface area contributed by atoms with E-state index in [2.05, 4.69) is 5.32 Å². The molecule has 1 heterocycles. The standard InChI is InChI=1S/C11H20N2O4/c1-3-17-10(14)9-5-4-6-13(7-9)11(15)12-8-16-2/h9H,3-8H2,1-2H3,(H,12,15). The molecule has 1 aliphatic rings. The number of amides is 2. The van der Waals surface area contributed by atoms with Gasteiger partial charge in [-0.1, -0.05) is 0 Å². The Morgan fingerprint density at radius 2 is 2.24 bits per heavy atom. The SMILES string of the molecule is CCOC(=O)C1CCCN(C(=O)NCOC)C1. The average Bonchev–Trinajstić information content (AvgIpc) is 2.36. The zero-order chi connectivity index (χ0) is 12.7. The fourth-order valence-electron chi connectivity index (χ4n) is 1.86. The summed E-state index contributed by atoms with van der Waals surface area (Å²) in [6.07, 6.45) is 1.61. The van der Waals surface area contributed by atoms with E-state index in [-0.39, 0.29) is 24.6 Å². The van der Waals surface area contributed by atoms with E-state index in [4.69, 9.17) is 9.47 Å². The van der Waals surface area contributed by atoms with Crippen LogP contribution in [0.4, 0.5) is 4.79 Å². The molecule has 0 aromatic rings. The first-order valence-electron chi connectivity index (χ1n) is 5.87. The first-order chi connectivity index (χ1) is 8.19. The van der Waals surface area contributed by atoms with Crippen LogP contribution in [0.15, 0.2) is 0 Å². The number of rotatable bonds is 4. The summed E-state index contributed by atoms with van der Waals surface area (Å²) in [7, 11) is 1.51. The lowest BCUT2D eigenvalue weighted by Crippen LogP contribution is -2.47. The molecule has 2 amide bonds. The van der Waals surface area contributed by atoms with Crippen molar-refractivity contribution in [2.45, 2.75) is 19.8 Å². The molecule has 1 atom stereocenters. The molecule has 0 spiro atoms. The van der Waals surface area contributed by atoms with Crippen LogP contribution in [0.2, 0.25) is 0 Å². The molecule has 0 bridgehead atoms. The minimum Gasteiger partial charge on any atom is -0.466 e. The van der Waals surface area contributed by atoms with E-state index < -0.39 is 0 Å². The first kappa shape index (κ1) is 13.8. The number of hydrogen-bond acceptors (Lipinski definition) is 4. The van der Waals surface area contributed by atoms with Gasteiger partial charge in [0.25, 0.3) is 0 Å². The number of methoxy groups -OCH3 is 1. The number of ether oxygens (including phenoxy) is 2. The molecule has 1 aliphatic heterocycles. The molecule has 1 rings (SSSR count). The number of nitrogens with zero attached hydrogens (tertiary/aromatic N) is 1. The van der Waals surface area contributed by atoms with Gasteiger partial charge in [-0.3, -0.25) is 4.79 Å². The third-order valence-corrected chi connectivity index (χ3v) is 2.70. The number of urea groups is 1. The van der Waals surface area contributed by atoms with Crippen LogP contribution in [-0.4, -0.2) is 50.4 Å². The van der Waals surface area contributed by atoms with Gasteiger partial charge >= 0.3 is 12.0 Å². The Balaban J connectivity index is 2.42. The molecule has 1 saturated heterocycles. The van der Waals surface area contributed by atoms with Crippen LogP contribution in [0.1, 0.15) is 19.8 Å². The van der Waals surface area contributed by atoms with Crippen molar-refractivity contribution in [3.8, 4) is 0 Å². The number of piperidine rings is 1. The average molecular weight is 244 g/mol. The van der Waals surface area contributed by atoms with Crippen LogP contribution in [0.5, 0.6) is 0 Å². The van der Waals surface area contributed by atoms with Gasteiger partial charge in [0, 0.05) is 20.2 Å². The number of esters is 1. The fourth-order valence-corrected chi connectivity index (χ4v) is 1.86. The van der Waals surface area contributed by atoms with Gasteiger partial charge in [-0.2, -0.15) is 0 Å². The van der Waals surface area contributed by atoms with Gasteiger partial charge in [0.2, 0.25) is 0 Å². The maximum atomic E-state index is 11.7. The second-order valence-corrected chi connectivity index (χ2v) is 3.95. The highest BCUT2D eigenvalue weighted by Crippen LogP contribution is 2.17. The third-order valence-electron chi connectivity index (χ3n) is 2.70. The zero-order valence-electron chi connectivity index (χ0n) is 10.4. The molecular formula is C11H20N2O4. The van der Waals surface area contributed by atoms with Gasteiger partial charge in [0.1, 0.15) is 6.73 Å². The Morgan fingerprint density at radius 1 is 1.47 bits per heavy atom. The highest BCUT2D eigenvalue weighted by molar-refractivity contribution is 5.77. The molecule has 17 heavy (non-hydrogen) atoms. The summed E-state index contributed by atoms with van der Waals surface area (Å²) >= 11 is 0. The summed E-state index contributed by atoms with van der Waals surface area (Å²) in [5, 5.41) is 2.61. The summed E-state index contributed by atoms with van der Waals surface area (Å²) in [5.74, 6) is -0.409. The lowest BCUT2D eigenvalue weighted by molar-refractivity contribution is -0.149. The van der Waals surface area contributed by atoms with Gasteiger partial charge in [0.15, 0.2) is 0 Å². The van der Waals surface area contributed by atoms with Crippen molar-refractivity contribution in [3.63, 3.8) is 0 Å². The van der Waals surface area contributed by atoms with Gasteiger partial charge in [0.05, 0.1) is 12.5 Å². The van der Waals surface area contributed by atoms with Crippen molar-refractivity contribution in [1.82, 2.24) is 10.2 Å². The van der Waals surface area contributed by atoms with Crippen molar-refractivity contribution >= 4 is 12.0 Å². The highest BCUT2D eigenvalue weighted by atomic mass is 16.5. The number of likely N-dealkylation sites (tertiary alicyclic amines) is 1. The maximum absolute atomic E-state index is 11.7. The Hall–Kier alpha value is -1.30. The van der Waals surface area contributed by atoms with E-state index in [9.17, 15) is 9.59 Å². The smallest absolute Gasteiger partial charge is 0.319 e. The molecule has 0 aromatic heterocycles. The number of hydrogen-bond donors (Lipinski definition) is 1. The van der Waals surface area contributed by atoms with E-state index in [1.54, 1.807) is 11.8 Å². The topological polar surface area (TPSA) is 67.9 Å². The van der Waals surface area contributed by atoms with Crippen LogP contribution in [0, 0.1) is 5.92 Å². The van der Waals surface area contributed by atoms with Crippen LogP contribution < -0.4 is 5.32 Å². The Bertz CT molecular complexity index is 270. The van der Waals surface area contributed by atoms with Crippen LogP contribution in [-0.2, 0) is 14.3 Å². The largest absolute Gasteiger partial charge is 0.466 e. The van der Waals surface area contributed by atoms with E-state index in [1.807, 2.05) is 0 Å². The molecule has 6 nitrogen and oxygen atoms in total. The summed E-state index contributed by atoms with van der Waals surface area (Å²) in [6.45, 7) is 3.44. The summed E-state index contributed by atoms with van der Waals surface area (Å²) in [6, 6.07) is -0.194. The van der Waals surface area contributed by atoms with Crippen LogP contribution in [0.3, 0.4) is 0 Å². The van der Waals surface area contributed by atoms with Crippen molar-refractivity contribution in [3.05, 3.63) is 0 Å². The van der Waals surface area contributed by atoms with Crippen LogP contribution in [0.25, 0.3) is 0 Å². The zero-order valence-corrected chi connectivity index (χ0v) is 10.4. The van der Waals surface area contributed by atoms with Gasteiger partial charge < -0.3 is 19.7 Å². The van der Waals surface area contributed by atoms with E-state index in [0.29, 0.717) is 19.7 Å². The minimum absolute atomic E-state index is 0.180. The monoisotopic (exact) mass is 244 g/mol. The predicted octanol–water partition coefficient (Wildman–Crippen LogP) is 0.575. The van der Waals surface area contributed by atoms with Crippen molar-refractivity contribution in [2.75, 3.05) is 33.5 Å². The van der Waals surface area contributed by atoms with E-state index in [0.717, 1.165) is 12.8 Å². The molecule has 1 fully saturated rings. The van der Waals surface area contributed by atoms with Crippen molar-refractivity contribution < 1.29 is 19.1 Å². The molecular weight excluding hydrogens is 224 g/mol. The number of carbonyl (C=O) groups is 2. The van der Waals surface area contributed by atoms with E-state index in [1.165, 1.54) is 7.11 Å². The summed E-state index contributed by atoms with van der Waals surface area (Å²) in [4.78, 5) is 24.9. The lowest BCUT2D eigenvalue weighted by atomic mass is 9.98.